The molecule has 0 radical (unpaired) electrons. The number of rotatable bonds is 3. The maximum atomic E-state index is 12.4. The second-order valence-corrected chi connectivity index (χ2v) is 7.74. The number of carbonyl (C=O) groups is 1. The Balaban J connectivity index is 1.76. The van der Waals surface area contributed by atoms with Crippen LogP contribution in [0.2, 0.25) is 0 Å². The summed E-state index contributed by atoms with van der Waals surface area (Å²) in [5, 5.41) is 10.7. The third-order valence-corrected chi connectivity index (χ3v) is 6.27. The van der Waals surface area contributed by atoms with E-state index < -0.39 is 5.63 Å². The number of likely N-dealkylation sites (tertiary alicyclic amines) is 1. The van der Waals surface area contributed by atoms with Crippen LogP contribution in [0.15, 0.2) is 27.4 Å². The van der Waals surface area contributed by atoms with Gasteiger partial charge in [-0.25, -0.2) is 4.79 Å². The molecule has 1 aromatic carbocycles. The minimum Gasteiger partial charge on any atom is -0.508 e. The average Bonchev–Trinajstić information content (AvgIpc) is 3.03. The van der Waals surface area contributed by atoms with Gasteiger partial charge in [0.1, 0.15) is 17.4 Å². The van der Waals surface area contributed by atoms with Crippen molar-refractivity contribution in [3.63, 3.8) is 0 Å². The lowest BCUT2D eigenvalue weighted by molar-refractivity contribution is -0.146. The molecule has 0 bridgehead atoms. The fourth-order valence-corrected chi connectivity index (χ4v) is 4.89. The molecular formula is C21H25NO5. The molecule has 2 aromatic rings. The molecule has 1 aromatic heterocycles. The van der Waals surface area contributed by atoms with Crippen molar-refractivity contribution in [3.05, 3.63) is 39.7 Å². The fourth-order valence-electron chi connectivity index (χ4n) is 4.89. The topological polar surface area (TPSA) is 80.0 Å². The number of carbonyl (C=O) groups excluding carboxylic acids is 1. The number of aryl methyl sites for hydroxylation is 1. The molecule has 1 saturated heterocycles. The SMILES string of the molecule is COC(=O)[C@@H]1C[C@H]2CCCC[C@@H]2N1Cc1cc(=O)oc2c(C)c(O)ccc12. The number of phenols is 1. The van der Waals surface area contributed by atoms with Crippen LogP contribution in [-0.4, -0.2) is 35.2 Å². The maximum absolute atomic E-state index is 12.4. The second kappa shape index (κ2) is 7.00. The van der Waals surface area contributed by atoms with E-state index in [9.17, 15) is 14.7 Å². The van der Waals surface area contributed by atoms with Crippen molar-refractivity contribution in [3.8, 4) is 5.75 Å². The van der Waals surface area contributed by atoms with Gasteiger partial charge in [-0.1, -0.05) is 12.8 Å². The smallest absolute Gasteiger partial charge is 0.336 e. The van der Waals surface area contributed by atoms with Crippen molar-refractivity contribution in [1.82, 2.24) is 4.90 Å². The van der Waals surface area contributed by atoms with Crippen LogP contribution in [0.4, 0.5) is 0 Å². The summed E-state index contributed by atoms with van der Waals surface area (Å²) in [5.74, 6) is 0.397. The van der Waals surface area contributed by atoms with Crippen LogP contribution < -0.4 is 5.63 Å². The second-order valence-electron chi connectivity index (χ2n) is 7.74. The van der Waals surface area contributed by atoms with Gasteiger partial charge in [-0.15, -0.1) is 0 Å². The molecular weight excluding hydrogens is 346 g/mol. The Bertz CT molecular complexity index is 934. The molecule has 2 fully saturated rings. The molecule has 1 aliphatic heterocycles. The zero-order valence-electron chi connectivity index (χ0n) is 15.7. The predicted octanol–water partition coefficient (Wildman–Crippen LogP) is 3.11. The molecule has 0 spiro atoms. The minimum absolute atomic E-state index is 0.101. The molecule has 1 saturated carbocycles. The van der Waals surface area contributed by atoms with E-state index in [0.29, 0.717) is 29.7 Å². The highest BCUT2D eigenvalue weighted by Gasteiger charge is 2.45. The van der Waals surface area contributed by atoms with E-state index in [2.05, 4.69) is 4.90 Å². The first-order valence-corrected chi connectivity index (χ1v) is 9.58. The van der Waals surface area contributed by atoms with E-state index in [-0.39, 0.29) is 17.8 Å². The molecule has 4 rings (SSSR count). The van der Waals surface area contributed by atoms with Crippen LogP contribution in [0.25, 0.3) is 11.0 Å². The van der Waals surface area contributed by atoms with Gasteiger partial charge in [0.25, 0.3) is 0 Å². The van der Waals surface area contributed by atoms with Crippen molar-refractivity contribution < 1.29 is 19.1 Å². The van der Waals surface area contributed by atoms with Crippen LogP contribution in [-0.2, 0) is 16.1 Å². The lowest BCUT2D eigenvalue weighted by Gasteiger charge is -2.33. The Morgan fingerprint density at radius 2 is 2.11 bits per heavy atom. The molecule has 1 aliphatic carbocycles. The number of nitrogens with zero attached hydrogens (tertiary/aromatic N) is 1. The molecule has 2 heterocycles. The first-order valence-electron chi connectivity index (χ1n) is 9.58. The normalized spacial score (nSPS) is 25.5. The molecule has 2 aliphatic rings. The van der Waals surface area contributed by atoms with Gasteiger partial charge in [0.15, 0.2) is 0 Å². The van der Waals surface area contributed by atoms with E-state index in [1.54, 1.807) is 19.1 Å². The largest absolute Gasteiger partial charge is 0.508 e. The third kappa shape index (κ3) is 3.12. The zero-order chi connectivity index (χ0) is 19.1. The first-order chi connectivity index (χ1) is 13.0. The van der Waals surface area contributed by atoms with E-state index in [1.165, 1.54) is 19.6 Å². The van der Waals surface area contributed by atoms with E-state index in [0.717, 1.165) is 36.6 Å². The molecule has 27 heavy (non-hydrogen) atoms. The van der Waals surface area contributed by atoms with E-state index in [4.69, 9.17) is 9.15 Å². The highest BCUT2D eigenvalue weighted by Crippen LogP contribution is 2.41. The van der Waals surface area contributed by atoms with E-state index in [1.807, 2.05) is 0 Å². The van der Waals surface area contributed by atoms with Gasteiger partial charge < -0.3 is 14.3 Å². The highest BCUT2D eigenvalue weighted by atomic mass is 16.5. The van der Waals surface area contributed by atoms with E-state index >= 15 is 0 Å². The fraction of sp³-hybridized carbons (Fsp3) is 0.524. The lowest BCUT2D eigenvalue weighted by atomic mass is 9.84. The molecule has 0 amide bonds. The predicted molar refractivity (Wildman–Crippen MR) is 101 cm³/mol. The summed E-state index contributed by atoms with van der Waals surface area (Å²) in [6.07, 6.45) is 5.39. The summed E-state index contributed by atoms with van der Waals surface area (Å²) >= 11 is 0. The number of hydrogen-bond donors (Lipinski definition) is 1. The third-order valence-electron chi connectivity index (χ3n) is 6.27. The Morgan fingerprint density at radius 1 is 1.33 bits per heavy atom. The maximum Gasteiger partial charge on any atom is 0.336 e. The number of benzene rings is 1. The number of hydrogen-bond acceptors (Lipinski definition) is 6. The molecule has 3 atom stereocenters. The highest BCUT2D eigenvalue weighted by molar-refractivity contribution is 5.85. The summed E-state index contributed by atoms with van der Waals surface area (Å²) in [6.45, 7) is 2.22. The summed E-state index contributed by atoms with van der Waals surface area (Å²) in [6, 6.07) is 4.96. The summed E-state index contributed by atoms with van der Waals surface area (Å²) in [4.78, 5) is 26.8. The van der Waals surface area contributed by atoms with Crippen LogP contribution in [0.1, 0.15) is 43.2 Å². The van der Waals surface area contributed by atoms with Crippen LogP contribution in [0, 0.1) is 12.8 Å². The van der Waals surface area contributed by atoms with Gasteiger partial charge in [0.05, 0.1) is 7.11 Å². The summed E-state index contributed by atoms with van der Waals surface area (Å²) < 4.78 is 10.4. The van der Waals surface area contributed by atoms with Crippen LogP contribution in [0.3, 0.4) is 0 Å². The monoisotopic (exact) mass is 371 g/mol. The van der Waals surface area contributed by atoms with Crippen molar-refractivity contribution in [2.24, 2.45) is 5.92 Å². The Kier molecular flexibility index (Phi) is 4.68. The molecule has 1 N–H and O–H groups in total. The summed E-state index contributed by atoms with van der Waals surface area (Å²) in [5.41, 5.74) is 1.34. The van der Waals surface area contributed by atoms with Gasteiger partial charge in [-0.3, -0.25) is 9.69 Å². The number of ether oxygens (including phenoxy) is 1. The molecule has 0 unspecified atom stereocenters. The Hall–Kier alpha value is -2.34. The van der Waals surface area contributed by atoms with Gasteiger partial charge in [-0.2, -0.15) is 0 Å². The Morgan fingerprint density at radius 3 is 2.89 bits per heavy atom. The zero-order valence-corrected chi connectivity index (χ0v) is 15.7. The Labute approximate surface area is 157 Å². The summed E-state index contributed by atoms with van der Waals surface area (Å²) in [7, 11) is 1.43. The van der Waals surface area contributed by atoms with Crippen molar-refractivity contribution in [1.29, 1.82) is 0 Å². The van der Waals surface area contributed by atoms with Crippen molar-refractivity contribution in [2.45, 2.75) is 57.7 Å². The van der Waals surface area contributed by atoms with Crippen LogP contribution >= 0.6 is 0 Å². The minimum atomic E-state index is -0.444. The average molecular weight is 371 g/mol. The van der Waals surface area contributed by atoms with Gasteiger partial charge in [0.2, 0.25) is 0 Å². The number of fused-ring (bicyclic) bond motifs is 2. The van der Waals surface area contributed by atoms with Gasteiger partial charge in [-0.05, 0) is 49.8 Å². The lowest BCUT2D eigenvalue weighted by Crippen LogP contribution is -2.42. The van der Waals surface area contributed by atoms with Gasteiger partial charge >= 0.3 is 11.6 Å². The number of aromatic hydroxyl groups is 1. The number of methoxy groups -OCH3 is 1. The quantitative estimate of drug-likeness (QED) is 0.660. The molecule has 6 heteroatoms. The van der Waals surface area contributed by atoms with Crippen molar-refractivity contribution >= 4 is 16.9 Å². The van der Waals surface area contributed by atoms with Crippen LogP contribution in [0.5, 0.6) is 5.75 Å². The number of esters is 1. The number of phenolic OH excluding ortho intramolecular Hbond substituents is 1. The first kappa shape index (κ1) is 18.0. The standard InChI is InChI=1S/C21H25NO5/c1-12-18(23)8-7-15-14(10-19(24)27-20(12)15)11-22-16-6-4-3-5-13(16)9-17(22)21(25)26-2/h7-8,10,13,16-17,23H,3-6,9,11H2,1-2H3/t13-,16+,17+/m1/s1. The molecule has 6 nitrogen and oxygen atoms in total. The molecule has 144 valence electrons. The van der Waals surface area contributed by atoms with Crippen molar-refractivity contribution in [2.75, 3.05) is 7.11 Å². The van der Waals surface area contributed by atoms with Gasteiger partial charge in [0, 0.05) is 29.6 Å².